The SMILES string of the molecule is CC1(C)O[C@H]2O[C@H](CCc3ccccc3)C[C@H]2O1. The third-order valence-electron chi connectivity index (χ3n) is 3.56. The summed E-state index contributed by atoms with van der Waals surface area (Å²) in [7, 11) is 0. The molecule has 0 amide bonds. The van der Waals surface area contributed by atoms with Crippen molar-refractivity contribution in [3.63, 3.8) is 0 Å². The molecule has 2 saturated heterocycles. The number of fused-ring (bicyclic) bond motifs is 1. The molecule has 0 unspecified atom stereocenters. The fourth-order valence-corrected chi connectivity index (χ4v) is 2.74. The lowest BCUT2D eigenvalue weighted by Crippen LogP contribution is -2.24. The van der Waals surface area contributed by atoms with Crippen molar-refractivity contribution in [2.75, 3.05) is 0 Å². The Bertz CT molecular complexity index is 385. The molecule has 1 aromatic carbocycles. The van der Waals surface area contributed by atoms with Crippen molar-refractivity contribution in [1.29, 1.82) is 0 Å². The van der Waals surface area contributed by atoms with E-state index in [1.165, 1.54) is 5.56 Å². The molecule has 2 fully saturated rings. The van der Waals surface area contributed by atoms with E-state index >= 15 is 0 Å². The van der Waals surface area contributed by atoms with Crippen molar-refractivity contribution in [3.05, 3.63) is 35.9 Å². The van der Waals surface area contributed by atoms with E-state index in [0.717, 1.165) is 19.3 Å². The Kier molecular flexibility index (Phi) is 3.14. The smallest absolute Gasteiger partial charge is 0.187 e. The van der Waals surface area contributed by atoms with Gasteiger partial charge in [0.25, 0.3) is 0 Å². The molecular formula is C15H20O3. The van der Waals surface area contributed by atoms with Crippen LogP contribution >= 0.6 is 0 Å². The van der Waals surface area contributed by atoms with Crippen LogP contribution in [-0.2, 0) is 20.6 Å². The van der Waals surface area contributed by atoms with E-state index in [4.69, 9.17) is 14.2 Å². The molecule has 0 spiro atoms. The summed E-state index contributed by atoms with van der Waals surface area (Å²) in [5.41, 5.74) is 1.36. The highest BCUT2D eigenvalue weighted by atomic mass is 16.8. The van der Waals surface area contributed by atoms with E-state index in [0.29, 0.717) is 0 Å². The van der Waals surface area contributed by atoms with Gasteiger partial charge in [0.1, 0.15) is 6.10 Å². The molecule has 0 saturated carbocycles. The molecule has 0 bridgehead atoms. The van der Waals surface area contributed by atoms with Gasteiger partial charge >= 0.3 is 0 Å². The number of benzene rings is 1. The molecule has 2 heterocycles. The molecular weight excluding hydrogens is 228 g/mol. The van der Waals surface area contributed by atoms with Crippen LogP contribution in [-0.4, -0.2) is 24.3 Å². The highest BCUT2D eigenvalue weighted by Crippen LogP contribution is 2.38. The van der Waals surface area contributed by atoms with Gasteiger partial charge in [-0.3, -0.25) is 0 Å². The third-order valence-corrected chi connectivity index (χ3v) is 3.56. The first-order valence-electron chi connectivity index (χ1n) is 6.67. The maximum atomic E-state index is 5.90. The van der Waals surface area contributed by atoms with Crippen molar-refractivity contribution in [2.24, 2.45) is 0 Å². The van der Waals surface area contributed by atoms with Gasteiger partial charge in [0.15, 0.2) is 12.1 Å². The highest BCUT2D eigenvalue weighted by molar-refractivity contribution is 5.14. The Morgan fingerprint density at radius 1 is 1.17 bits per heavy atom. The van der Waals surface area contributed by atoms with Crippen molar-refractivity contribution >= 4 is 0 Å². The molecule has 3 heteroatoms. The summed E-state index contributed by atoms with van der Waals surface area (Å²) in [5, 5.41) is 0. The van der Waals surface area contributed by atoms with Gasteiger partial charge in [0, 0.05) is 6.42 Å². The average molecular weight is 248 g/mol. The lowest BCUT2D eigenvalue weighted by Gasteiger charge is -2.20. The van der Waals surface area contributed by atoms with Gasteiger partial charge in [0.05, 0.1) is 6.10 Å². The van der Waals surface area contributed by atoms with Crippen molar-refractivity contribution in [1.82, 2.24) is 0 Å². The van der Waals surface area contributed by atoms with Crippen molar-refractivity contribution in [3.8, 4) is 0 Å². The van der Waals surface area contributed by atoms with Gasteiger partial charge < -0.3 is 14.2 Å². The van der Waals surface area contributed by atoms with E-state index in [-0.39, 0.29) is 18.5 Å². The predicted molar refractivity (Wildman–Crippen MR) is 68.1 cm³/mol. The molecule has 0 N–H and O–H groups in total. The minimum atomic E-state index is -0.486. The van der Waals surface area contributed by atoms with Gasteiger partial charge in [-0.05, 0) is 32.3 Å². The topological polar surface area (TPSA) is 27.7 Å². The minimum absolute atomic E-state index is 0.112. The Morgan fingerprint density at radius 3 is 2.67 bits per heavy atom. The second-order valence-electron chi connectivity index (χ2n) is 5.56. The zero-order chi connectivity index (χ0) is 12.6. The normalized spacial score (nSPS) is 33.6. The predicted octanol–water partition coefficient (Wildman–Crippen LogP) is 2.89. The van der Waals surface area contributed by atoms with Crippen LogP contribution < -0.4 is 0 Å². The second kappa shape index (κ2) is 4.65. The molecule has 0 radical (unpaired) electrons. The number of rotatable bonds is 3. The monoisotopic (exact) mass is 248 g/mol. The summed E-state index contributed by atoms with van der Waals surface area (Å²) in [4.78, 5) is 0. The molecule has 98 valence electrons. The first-order valence-corrected chi connectivity index (χ1v) is 6.67. The standard InChI is InChI=1S/C15H20O3/c1-15(2)17-13-10-12(16-14(13)18-15)9-8-11-6-4-3-5-7-11/h3-7,12-14H,8-10H2,1-2H3/t12-,13-,14-/m1/s1. The van der Waals surface area contributed by atoms with Crippen LogP contribution in [0, 0.1) is 0 Å². The van der Waals surface area contributed by atoms with Crippen LogP contribution in [0.3, 0.4) is 0 Å². The Hall–Kier alpha value is -0.900. The zero-order valence-electron chi connectivity index (χ0n) is 11.0. The maximum Gasteiger partial charge on any atom is 0.187 e. The summed E-state index contributed by atoms with van der Waals surface area (Å²) in [6.07, 6.45) is 3.23. The van der Waals surface area contributed by atoms with Gasteiger partial charge in [-0.1, -0.05) is 30.3 Å². The molecule has 0 aliphatic carbocycles. The molecule has 1 aromatic rings. The van der Waals surface area contributed by atoms with Crippen molar-refractivity contribution < 1.29 is 14.2 Å². The van der Waals surface area contributed by atoms with Crippen LogP contribution in [0.1, 0.15) is 32.3 Å². The molecule has 18 heavy (non-hydrogen) atoms. The Morgan fingerprint density at radius 2 is 1.94 bits per heavy atom. The number of hydrogen-bond acceptors (Lipinski definition) is 3. The number of ether oxygens (including phenoxy) is 3. The van der Waals surface area contributed by atoms with Gasteiger partial charge in [-0.15, -0.1) is 0 Å². The second-order valence-corrected chi connectivity index (χ2v) is 5.56. The Labute approximate surface area is 108 Å². The molecule has 2 aliphatic rings. The number of hydrogen-bond donors (Lipinski definition) is 0. The van der Waals surface area contributed by atoms with Gasteiger partial charge in [-0.2, -0.15) is 0 Å². The van der Waals surface area contributed by atoms with Crippen molar-refractivity contribution in [2.45, 2.75) is 57.4 Å². The fraction of sp³-hybridized carbons (Fsp3) is 0.600. The lowest BCUT2D eigenvalue weighted by molar-refractivity contribution is -0.205. The van der Waals surface area contributed by atoms with E-state index in [9.17, 15) is 0 Å². The maximum absolute atomic E-state index is 5.90. The summed E-state index contributed by atoms with van der Waals surface area (Å²) < 4.78 is 17.4. The average Bonchev–Trinajstić information content (AvgIpc) is 2.81. The van der Waals surface area contributed by atoms with Crippen LogP contribution in [0.4, 0.5) is 0 Å². The summed E-state index contributed by atoms with van der Waals surface area (Å²) in [6, 6.07) is 10.5. The van der Waals surface area contributed by atoms with E-state index in [1.54, 1.807) is 0 Å². The zero-order valence-corrected chi connectivity index (χ0v) is 11.0. The van der Waals surface area contributed by atoms with E-state index in [1.807, 2.05) is 19.9 Å². The highest BCUT2D eigenvalue weighted by Gasteiger charge is 2.48. The number of aryl methyl sites for hydroxylation is 1. The summed E-state index contributed by atoms with van der Waals surface area (Å²) in [6.45, 7) is 3.88. The molecule has 3 rings (SSSR count). The molecule has 2 aliphatic heterocycles. The third kappa shape index (κ3) is 2.58. The van der Waals surface area contributed by atoms with Gasteiger partial charge in [0.2, 0.25) is 0 Å². The lowest BCUT2D eigenvalue weighted by atomic mass is 10.0. The minimum Gasteiger partial charge on any atom is -0.346 e. The van der Waals surface area contributed by atoms with Crippen LogP contribution in [0.15, 0.2) is 30.3 Å². The van der Waals surface area contributed by atoms with Crippen LogP contribution in [0.2, 0.25) is 0 Å². The Balaban J connectivity index is 1.50. The van der Waals surface area contributed by atoms with E-state index in [2.05, 4.69) is 24.3 Å². The molecule has 0 aromatic heterocycles. The molecule has 3 nitrogen and oxygen atoms in total. The molecule has 3 atom stereocenters. The largest absolute Gasteiger partial charge is 0.346 e. The van der Waals surface area contributed by atoms with E-state index < -0.39 is 5.79 Å². The first kappa shape index (κ1) is 12.2. The first-order chi connectivity index (χ1) is 8.62. The fourth-order valence-electron chi connectivity index (χ4n) is 2.74. The van der Waals surface area contributed by atoms with Crippen LogP contribution in [0.5, 0.6) is 0 Å². The van der Waals surface area contributed by atoms with Gasteiger partial charge in [-0.25, -0.2) is 0 Å². The summed E-state index contributed by atoms with van der Waals surface area (Å²) in [5.74, 6) is -0.486. The quantitative estimate of drug-likeness (QED) is 0.823. The van der Waals surface area contributed by atoms with Crippen LogP contribution in [0.25, 0.3) is 0 Å². The summed E-state index contributed by atoms with van der Waals surface area (Å²) >= 11 is 0.